The summed E-state index contributed by atoms with van der Waals surface area (Å²) in [6.45, 7) is 1.32. The van der Waals surface area contributed by atoms with Crippen molar-refractivity contribution in [3.8, 4) is 5.75 Å². The van der Waals surface area contributed by atoms with E-state index in [0.29, 0.717) is 12.2 Å². The van der Waals surface area contributed by atoms with E-state index in [4.69, 9.17) is 4.74 Å². The van der Waals surface area contributed by atoms with Crippen molar-refractivity contribution in [3.63, 3.8) is 0 Å². The molecule has 1 aromatic rings. The molecular formula is C12H15NO3. The van der Waals surface area contributed by atoms with E-state index in [9.17, 15) is 9.90 Å². The minimum absolute atomic E-state index is 0.0109. The zero-order valence-electron chi connectivity index (χ0n) is 8.98. The second kappa shape index (κ2) is 4.99. The summed E-state index contributed by atoms with van der Waals surface area (Å²) in [6, 6.07) is 6.59. The predicted molar refractivity (Wildman–Crippen MR) is 59.4 cm³/mol. The zero-order chi connectivity index (χ0) is 11.4. The lowest BCUT2D eigenvalue weighted by atomic mass is 10.1. The summed E-state index contributed by atoms with van der Waals surface area (Å²) in [5, 5.41) is 12.4. The summed E-state index contributed by atoms with van der Waals surface area (Å²) in [5.74, 6) is -0.231. The van der Waals surface area contributed by atoms with E-state index in [-0.39, 0.29) is 17.7 Å². The summed E-state index contributed by atoms with van der Waals surface area (Å²) in [5.41, 5.74) is 0.313. The lowest BCUT2D eigenvalue weighted by Crippen LogP contribution is -2.40. The van der Waals surface area contributed by atoms with Crippen LogP contribution in [0, 0.1) is 0 Å². The number of phenols is 1. The highest BCUT2D eigenvalue weighted by Gasteiger charge is 2.18. The average molecular weight is 221 g/mol. The van der Waals surface area contributed by atoms with Gasteiger partial charge in [-0.3, -0.25) is 4.79 Å². The Morgan fingerprint density at radius 2 is 2.25 bits per heavy atom. The summed E-state index contributed by atoms with van der Waals surface area (Å²) >= 11 is 0. The minimum Gasteiger partial charge on any atom is -0.507 e. The molecular weight excluding hydrogens is 206 g/mol. The first-order chi connectivity index (χ1) is 7.77. The van der Waals surface area contributed by atoms with Crippen LogP contribution in [0.5, 0.6) is 5.75 Å². The Balaban J connectivity index is 2.00. The highest BCUT2D eigenvalue weighted by molar-refractivity contribution is 5.96. The Morgan fingerprint density at radius 3 is 2.94 bits per heavy atom. The number of amides is 1. The molecule has 1 aliphatic rings. The summed E-state index contributed by atoms with van der Waals surface area (Å²) in [7, 11) is 0. The maximum Gasteiger partial charge on any atom is 0.255 e. The SMILES string of the molecule is O=C(NC1CCCOC1)c1ccccc1O. The second-order valence-electron chi connectivity index (χ2n) is 3.90. The molecule has 4 nitrogen and oxygen atoms in total. The van der Waals surface area contributed by atoms with Gasteiger partial charge < -0.3 is 15.2 Å². The fourth-order valence-electron chi connectivity index (χ4n) is 1.78. The van der Waals surface area contributed by atoms with Gasteiger partial charge in [0.15, 0.2) is 0 Å². The maximum atomic E-state index is 11.8. The third-order valence-electron chi connectivity index (χ3n) is 2.64. The lowest BCUT2D eigenvalue weighted by molar-refractivity contribution is 0.0623. The van der Waals surface area contributed by atoms with Crippen LogP contribution in [0.4, 0.5) is 0 Å². The van der Waals surface area contributed by atoms with E-state index in [1.807, 2.05) is 0 Å². The number of phenolic OH excluding ortho intramolecular Hbond substituents is 1. The number of carbonyl (C=O) groups is 1. The number of hydrogen-bond donors (Lipinski definition) is 2. The van der Waals surface area contributed by atoms with E-state index in [1.54, 1.807) is 18.2 Å². The molecule has 1 saturated heterocycles. The van der Waals surface area contributed by atoms with Crippen molar-refractivity contribution in [2.75, 3.05) is 13.2 Å². The van der Waals surface area contributed by atoms with Crippen molar-refractivity contribution in [3.05, 3.63) is 29.8 Å². The Morgan fingerprint density at radius 1 is 1.44 bits per heavy atom. The van der Waals surface area contributed by atoms with Gasteiger partial charge in [0.1, 0.15) is 5.75 Å². The molecule has 0 bridgehead atoms. The molecule has 1 amide bonds. The highest BCUT2D eigenvalue weighted by atomic mass is 16.5. The Labute approximate surface area is 94.2 Å². The normalized spacial score (nSPS) is 20.4. The standard InChI is InChI=1S/C12H15NO3/c14-11-6-2-1-5-10(11)12(15)13-9-4-3-7-16-8-9/h1-2,5-6,9,14H,3-4,7-8H2,(H,13,15). The molecule has 16 heavy (non-hydrogen) atoms. The van der Waals surface area contributed by atoms with Crippen molar-refractivity contribution in [1.29, 1.82) is 0 Å². The van der Waals surface area contributed by atoms with Gasteiger partial charge in [0.25, 0.3) is 5.91 Å². The van der Waals surface area contributed by atoms with Crippen molar-refractivity contribution in [1.82, 2.24) is 5.32 Å². The van der Waals surface area contributed by atoms with E-state index < -0.39 is 0 Å². The Bertz CT molecular complexity index is 372. The third-order valence-corrected chi connectivity index (χ3v) is 2.64. The zero-order valence-corrected chi connectivity index (χ0v) is 8.98. The molecule has 1 heterocycles. The molecule has 0 aromatic heterocycles. The van der Waals surface area contributed by atoms with Crippen LogP contribution in [0.15, 0.2) is 24.3 Å². The molecule has 0 aliphatic carbocycles. The first-order valence-electron chi connectivity index (χ1n) is 5.44. The van der Waals surface area contributed by atoms with E-state index in [1.165, 1.54) is 6.07 Å². The Hall–Kier alpha value is -1.55. The lowest BCUT2D eigenvalue weighted by Gasteiger charge is -2.23. The monoisotopic (exact) mass is 221 g/mol. The van der Waals surface area contributed by atoms with Crippen LogP contribution >= 0.6 is 0 Å². The number of hydrogen-bond acceptors (Lipinski definition) is 3. The summed E-state index contributed by atoms with van der Waals surface area (Å²) in [6.07, 6.45) is 1.89. The molecule has 1 fully saturated rings. The van der Waals surface area contributed by atoms with E-state index in [0.717, 1.165) is 19.4 Å². The molecule has 2 N–H and O–H groups in total. The third kappa shape index (κ3) is 2.52. The van der Waals surface area contributed by atoms with Gasteiger partial charge in [0, 0.05) is 6.61 Å². The van der Waals surface area contributed by atoms with Crippen LogP contribution in [0.25, 0.3) is 0 Å². The van der Waals surface area contributed by atoms with Gasteiger partial charge in [-0.1, -0.05) is 12.1 Å². The second-order valence-corrected chi connectivity index (χ2v) is 3.90. The van der Waals surface area contributed by atoms with Crippen molar-refractivity contribution in [2.45, 2.75) is 18.9 Å². The number of rotatable bonds is 2. The molecule has 0 saturated carbocycles. The molecule has 1 unspecified atom stereocenters. The topological polar surface area (TPSA) is 58.6 Å². The van der Waals surface area contributed by atoms with Crippen molar-refractivity contribution < 1.29 is 14.6 Å². The largest absolute Gasteiger partial charge is 0.507 e. The minimum atomic E-state index is -0.242. The predicted octanol–water partition coefficient (Wildman–Crippen LogP) is 1.30. The van der Waals surface area contributed by atoms with Gasteiger partial charge in [-0.25, -0.2) is 0 Å². The van der Waals surface area contributed by atoms with Gasteiger partial charge in [-0.15, -0.1) is 0 Å². The molecule has 1 aromatic carbocycles. The average Bonchev–Trinajstić information content (AvgIpc) is 2.31. The molecule has 4 heteroatoms. The van der Waals surface area contributed by atoms with E-state index in [2.05, 4.69) is 5.32 Å². The van der Waals surface area contributed by atoms with Crippen molar-refractivity contribution >= 4 is 5.91 Å². The summed E-state index contributed by atoms with van der Waals surface area (Å²) in [4.78, 5) is 11.8. The molecule has 0 radical (unpaired) electrons. The van der Waals surface area contributed by atoms with E-state index >= 15 is 0 Å². The van der Waals surface area contributed by atoms with Crippen LogP contribution in [-0.2, 0) is 4.74 Å². The van der Waals surface area contributed by atoms with Gasteiger partial charge >= 0.3 is 0 Å². The van der Waals surface area contributed by atoms with Crippen LogP contribution < -0.4 is 5.32 Å². The van der Waals surface area contributed by atoms with Crippen LogP contribution in [0.3, 0.4) is 0 Å². The van der Waals surface area contributed by atoms with Crippen LogP contribution in [0.2, 0.25) is 0 Å². The first kappa shape index (κ1) is 11.0. The van der Waals surface area contributed by atoms with Crippen molar-refractivity contribution in [2.24, 2.45) is 0 Å². The smallest absolute Gasteiger partial charge is 0.255 e. The van der Waals surface area contributed by atoms with Gasteiger partial charge in [-0.05, 0) is 25.0 Å². The molecule has 1 aliphatic heterocycles. The summed E-state index contributed by atoms with van der Waals surface area (Å²) < 4.78 is 5.27. The first-order valence-corrected chi connectivity index (χ1v) is 5.44. The Kier molecular flexibility index (Phi) is 3.41. The van der Waals surface area contributed by atoms with Gasteiger partial charge in [-0.2, -0.15) is 0 Å². The van der Waals surface area contributed by atoms with Gasteiger partial charge in [0.2, 0.25) is 0 Å². The number of benzene rings is 1. The fourth-order valence-corrected chi connectivity index (χ4v) is 1.78. The maximum absolute atomic E-state index is 11.8. The number of aromatic hydroxyl groups is 1. The highest BCUT2D eigenvalue weighted by Crippen LogP contribution is 2.16. The number of carbonyl (C=O) groups excluding carboxylic acids is 1. The molecule has 1 atom stereocenters. The number of ether oxygens (including phenoxy) is 1. The molecule has 86 valence electrons. The molecule has 2 rings (SSSR count). The van der Waals surface area contributed by atoms with Crippen LogP contribution in [-0.4, -0.2) is 30.3 Å². The van der Waals surface area contributed by atoms with Gasteiger partial charge in [0.05, 0.1) is 18.2 Å². The number of nitrogens with one attached hydrogen (secondary N) is 1. The fraction of sp³-hybridized carbons (Fsp3) is 0.417. The molecule has 0 spiro atoms. The number of para-hydroxylation sites is 1. The quantitative estimate of drug-likeness (QED) is 0.791. The van der Waals surface area contributed by atoms with Crippen LogP contribution in [0.1, 0.15) is 23.2 Å².